The quantitative estimate of drug-likeness (QED) is 0.554. The van der Waals surface area contributed by atoms with Crippen molar-refractivity contribution >= 4 is 5.91 Å². The molecular weight excluding hydrogens is 180 g/mol. The molecule has 0 aromatic carbocycles. The molecule has 0 aromatic heterocycles. The standard InChI is InChI=1S/C10H22N2O2/c1-3-9(13)7-12-10(14)5-4-8(2)6-11/h8-9,13H,3-7,11H2,1-2H3,(H,12,14). The predicted octanol–water partition coefficient (Wildman–Crippen LogP) is 0.249. The molecule has 4 N–H and O–H groups in total. The minimum absolute atomic E-state index is 0.00204. The molecule has 14 heavy (non-hydrogen) atoms. The zero-order chi connectivity index (χ0) is 11.0. The van der Waals surface area contributed by atoms with E-state index in [9.17, 15) is 9.90 Å². The predicted molar refractivity (Wildman–Crippen MR) is 56.8 cm³/mol. The molecule has 0 heterocycles. The monoisotopic (exact) mass is 202 g/mol. The van der Waals surface area contributed by atoms with Crippen LogP contribution in [0.4, 0.5) is 0 Å². The fourth-order valence-electron chi connectivity index (χ4n) is 0.960. The Bertz CT molecular complexity index is 146. The van der Waals surface area contributed by atoms with E-state index < -0.39 is 6.10 Å². The molecule has 0 saturated heterocycles. The summed E-state index contributed by atoms with van der Waals surface area (Å²) in [5, 5.41) is 11.9. The number of nitrogens with one attached hydrogen (secondary N) is 1. The number of carbonyl (C=O) groups excluding carboxylic acids is 1. The first-order valence-electron chi connectivity index (χ1n) is 5.25. The van der Waals surface area contributed by atoms with Crippen molar-refractivity contribution < 1.29 is 9.90 Å². The van der Waals surface area contributed by atoms with E-state index in [-0.39, 0.29) is 5.91 Å². The van der Waals surface area contributed by atoms with Gasteiger partial charge < -0.3 is 16.2 Å². The number of carbonyl (C=O) groups is 1. The number of amides is 1. The van der Waals surface area contributed by atoms with Gasteiger partial charge in [-0.2, -0.15) is 0 Å². The topological polar surface area (TPSA) is 75.3 Å². The van der Waals surface area contributed by atoms with Gasteiger partial charge >= 0.3 is 0 Å². The minimum Gasteiger partial charge on any atom is -0.391 e. The number of rotatable bonds is 7. The zero-order valence-electron chi connectivity index (χ0n) is 9.12. The summed E-state index contributed by atoms with van der Waals surface area (Å²) in [7, 11) is 0. The van der Waals surface area contributed by atoms with Crippen LogP contribution in [-0.4, -0.2) is 30.2 Å². The number of aliphatic hydroxyl groups is 1. The van der Waals surface area contributed by atoms with Crippen LogP contribution in [0.15, 0.2) is 0 Å². The van der Waals surface area contributed by atoms with E-state index in [1.54, 1.807) is 0 Å². The highest BCUT2D eigenvalue weighted by Crippen LogP contribution is 2.02. The number of aliphatic hydroxyl groups excluding tert-OH is 1. The maximum Gasteiger partial charge on any atom is 0.220 e. The van der Waals surface area contributed by atoms with Gasteiger partial charge in [0.1, 0.15) is 0 Å². The number of nitrogens with two attached hydrogens (primary N) is 1. The Hall–Kier alpha value is -0.610. The Morgan fingerprint density at radius 2 is 2.21 bits per heavy atom. The van der Waals surface area contributed by atoms with Gasteiger partial charge in [-0.15, -0.1) is 0 Å². The molecule has 0 saturated carbocycles. The van der Waals surface area contributed by atoms with Gasteiger partial charge in [-0.05, 0) is 25.3 Å². The maximum absolute atomic E-state index is 11.2. The van der Waals surface area contributed by atoms with E-state index in [2.05, 4.69) is 5.32 Å². The Morgan fingerprint density at radius 1 is 1.57 bits per heavy atom. The van der Waals surface area contributed by atoms with Gasteiger partial charge in [-0.25, -0.2) is 0 Å². The molecule has 0 aliphatic carbocycles. The van der Waals surface area contributed by atoms with Crippen LogP contribution in [0.3, 0.4) is 0 Å². The van der Waals surface area contributed by atoms with E-state index in [0.717, 1.165) is 6.42 Å². The molecule has 0 spiro atoms. The zero-order valence-corrected chi connectivity index (χ0v) is 9.12. The molecule has 84 valence electrons. The van der Waals surface area contributed by atoms with Gasteiger partial charge in [0.25, 0.3) is 0 Å². The highest BCUT2D eigenvalue weighted by atomic mass is 16.3. The highest BCUT2D eigenvalue weighted by molar-refractivity contribution is 5.75. The summed E-state index contributed by atoms with van der Waals surface area (Å²) < 4.78 is 0. The molecule has 0 fully saturated rings. The Balaban J connectivity index is 3.46. The summed E-state index contributed by atoms with van der Waals surface area (Å²) >= 11 is 0. The molecule has 0 aliphatic rings. The smallest absolute Gasteiger partial charge is 0.220 e. The molecule has 0 aliphatic heterocycles. The fourth-order valence-corrected chi connectivity index (χ4v) is 0.960. The maximum atomic E-state index is 11.2. The normalized spacial score (nSPS) is 14.9. The van der Waals surface area contributed by atoms with Gasteiger partial charge in [-0.1, -0.05) is 13.8 Å². The lowest BCUT2D eigenvalue weighted by molar-refractivity contribution is -0.121. The number of hydrogen-bond donors (Lipinski definition) is 3. The van der Waals surface area contributed by atoms with Crippen molar-refractivity contribution in [1.29, 1.82) is 0 Å². The first kappa shape index (κ1) is 13.4. The lowest BCUT2D eigenvalue weighted by Gasteiger charge is -2.11. The molecule has 4 heteroatoms. The van der Waals surface area contributed by atoms with Gasteiger partial charge in [0.2, 0.25) is 5.91 Å². The third-order valence-corrected chi connectivity index (χ3v) is 2.27. The van der Waals surface area contributed by atoms with Crippen LogP contribution in [-0.2, 0) is 4.79 Å². The van der Waals surface area contributed by atoms with Crippen LogP contribution >= 0.6 is 0 Å². The highest BCUT2D eigenvalue weighted by Gasteiger charge is 2.06. The van der Waals surface area contributed by atoms with Gasteiger partial charge in [0, 0.05) is 13.0 Å². The third kappa shape index (κ3) is 6.86. The lowest BCUT2D eigenvalue weighted by Crippen LogP contribution is -2.32. The summed E-state index contributed by atoms with van der Waals surface area (Å²) in [6.07, 6.45) is 1.55. The first-order chi connectivity index (χ1) is 6.60. The van der Waals surface area contributed by atoms with Gasteiger partial charge in [-0.3, -0.25) is 4.79 Å². The van der Waals surface area contributed by atoms with Crippen molar-refractivity contribution in [2.45, 2.75) is 39.2 Å². The second-order valence-corrected chi connectivity index (χ2v) is 3.75. The van der Waals surface area contributed by atoms with Crippen molar-refractivity contribution in [3.05, 3.63) is 0 Å². The molecule has 2 atom stereocenters. The van der Waals surface area contributed by atoms with Gasteiger partial charge in [0.15, 0.2) is 0 Å². The molecule has 2 unspecified atom stereocenters. The molecule has 0 radical (unpaired) electrons. The van der Waals surface area contributed by atoms with Crippen LogP contribution < -0.4 is 11.1 Å². The van der Waals surface area contributed by atoms with E-state index in [0.29, 0.717) is 31.8 Å². The van der Waals surface area contributed by atoms with Crippen molar-refractivity contribution in [3.8, 4) is 0 Å². The van der Waals surface area contributed by atoms with Crippen LogP contribution in [0.25, 0.3) is 0 Å². The molecular formula is C10H22N2O2. The van der Waals surface area contributed by atoms with Crippen molar-refractivity contribution in [3.63, 3.8) is 0 Å². The fraction of sp³-hybridized carbons (Fsp3) is 0.900. The average molecular weight is 202 g/mol. The molecule has 0 rings (SSSR count). The Kier molecular flexibility index (Phi) is 7.42. The van der Waals surface area contributed by atoms with Crippen molar-refractivity contribution in [2.75, 3.05) is 13.1 Å². The van der Waals surface area contributed by atoms with E-state index in [1.807, 2.05) is 13.8 Å². The second-order valence-electron chi connectivity index (χ2n) is 3.75. The molecule has 0 bridgehead atoms. The van der Waals surface area contributed by atoms with Gasteiger partial charge in [0.05, 0.1) is 6.10 Å². The lowest BCUT2D eigenvalue weighted by atomic mass is 10.1. The van der Waals surface area contributed by atoms with Crippen LogP contribution in [0, 0.1) is 5.92 Å². The second kappa shape index (κ2) is 7.76. The summed E-state index contributed by atoms with van der Waals surface area (Å²) in [4.78, 5) is 11.2. The summed E-state index contributed by atoms with van der Waals surface area (Å²) in [5.41, 5.74) is 5.43. The SMILES string of the molecule is CCC(O)CNC(=O)CCC(C)CN. The van der Waals surface area contributed by atoms with E-state index >= 15 is 0 Å². The Morgan fingerprint density at radius 3 is 2.71 bits per heavy atom. The molecule has 0 aromatic rings. The van der Waals surface area contributed by atoms with E-state index in [1.165, 1.54) is 0 Å². The van der Waals surface area contributed by atoms with Crippen molar-refractivity contribution in [1.82, 2.24) is 5.32 Å². The summed E-state index contributed by atoms with van der Waals surface area (Å²) in [5.74, 6) is 0.384. The largest absolute Gasteiger partial charge is 0.391 e. The third-order valence-electron chi connectivity index (χ3n) is 2.27. The van der Waals surface area contributed by atoms with Crippen LogP contribution in [0.2, 0.25) is 0 Å². The first-order valence-corrected chi connectivity index (χ1v) is 5.25. The number of hydrogen-bond acceptors (Lipinski definition) is 3. The van der Waals surface area contributed by atoms with Crippen molar-refractivity contribution in [2.24, 2.45) is 11.7 Å². The Labute approximate surface area is 85.9 Å². The summed E-state index contributed by atoms with van der Waals surface area (Å²) in [6, 6.07) is 0. The molecule has 1 amide bonds. The minimum atomic E-state index is -0.425. The van der Waals surface area contributed by atoms with Crippen LogP contribution in [0.1, 0.15) is 33.1 Å². The molecule has 4 nitrogen and oxygen atoms in total. The van der Waals surface area contributed by atoms with Crippen LogP contribution in [0.5, 0.6) is 0 Å². The summed E-state index contributed by atoms with van der Waals surface area (Å²) in [6.45, 7) is 4.87. The average Bonchev–Trinajstić information content (AvgIpc) is 2.22. The van der Waals surface area contributed by atoms with E-state index in [4.69, 9.17) is 5.73 Å².